The van der Waals surface area contributed by atoms with Crippen LogP contribution < -0.4 is 0 Å². The summed E-state index contributed by atoms with van der Waals surface area (Å²) >= 11 is 0. The van der Waals surface area contributed by atoms with Gasteiger partial charge in [0.05, 0.1) is 11.3 Å². The van der Waals surface area contributed by atoms with Crippen LogP contribution in [-0.2, 0) is 23.7 Å². The summed E-state index contributed by atoms with van der Waals surface area (Å²) in [5.41, 5.74) is -2.40. The van der Waals surface area contributed by atoms with Crippen LogP contribution in [0.1, 0.15) is 83.3 Å². The van der Waals surface area contributed by atoms with Crippen molar-refractivity contribution in [2.24, 2.45) is 0 Å². The van der Waals surface area contributed by atoms with Gasteiger partial charge in [-0.25, -0.2) is 26.3 Å². The van der Waals surface area contributed by atoms with Gasteiger partial charge in [0, 0.05) is 42.1 Å². The molecule has 1 aliphatic rings. The van der Waals surface area contributed by atoms with Crippen LogP contribution >= 0.6 is 0 Å². The first-order chi connectivity index (χ1) is 21.2. The number of hydrogen-bond donors (Lipinski definition) is 0. The van der Waals surface area contributed by atoms with E-state index < -0.39 is 96.2 Å². The molecule has 0 radical (unpaired) electrons. The van der Waals surface area contributed by atoms with Crippen LogP contribution in [0.15, 0.2) is 54.7 Å². The largest absolute Gasteiger partial charge is 0.298 e. The van der Waals surface area contributed by atoms with E-state index >= 15 is 0 Å². The molecule has 0 fully saturated rings. The van der Waals surface area contributed by atoms with Gasteiger partial charge in [-0.15, -0.1) is 0 Å². The molecule has 5 nitrogen and oxygen atoms in total. The summed E-state index contributed by atoms with van der Waals surface area (Å²) in [6.07, 6.45) is -6.45. The Labute approximate surface area is 251 Å². The van der Waals surface area contributed by atoms with E-state index in [2.05, 4.69) is 10.1 Å². The van der Waals surface area contributed by atoms with E-state index in [-0.39, 0.29) is 23.2 Å². The fraction of sp³-hybridized carbons (Fsp3) is 0.312. The zero-order chi connectivity index (χ0) is 32.6. The number of carbonyl (C=O) groups excluding carboxylic acids is 2. The van der Waals surface area contributed by atoms with Crippen LogP contribution in [0.5, 0.6) is 0 Å². The number of rotatable bonds is 10. The summed E-state index contributed by atoms with van der Waals surface area (Å²) in [7, 11) is 0. The SMILES string of the molecule is CC(=O)c1cc(-c2cccnc2[C@@H](CC(=O)Cn2nc(C(F)F)c3c2C(F)(F)CCC3F)Cc2cc(F)cc(F)c2)ccc1F. The first-order valence-corrected chi connectivity index (χ1v) is 13.9. The van der Waals surface area contributed by atoms with Crippen molar-refractivity contribution in [3.05, 3.63) is 106 Å². The molecule has 0 saturated heterocycles. The van der Waals surface area contributed by atoms with Gasteiger partial charge in [-0.05, 0) is 61.2 Å². The average molecular weight is 636 g/mol. The molecule has 0 spiro atoms. The number of benzene rings is 2. The lowest BCUT2D eigenvalue weighted by Gasteiger charge is -2.26. The quantitative estimate of drug-likeness (QED) is 0.130. The van der Waals surface area contributed by atoms with Crippen molar-refractivity contribution in [3.8, 4) is 11.1 Å². The fourth-order valence-corrected chi connectivity index (χ4v) is 5.77. The van der Waals surface area contributed by atoms with Gasteiger partial charge in [0.25, 0.3) is 12.3 Å². The molecular formula is C32H25F8N3O2. The van der Waals surface area contributed by atoms with Gasteiger partial charge in [-0.1, -0.05) is 12.1 Å². The Morgan fingerprint density at radius 3 is 2.40 bits per heavy atom. The van der Waals surface area contributed by atoms with Crippen molar-refractivity contribution in [1.82, 2.24) is 14.8 Å². The number of Topliss-reactive ketones (excluding diaryl/α,β-unsaturated/α-hetero) is 2. The summed E-state index contributed by atoms with van der Waals surface area (Å²) in [5.74, 6) is -8.60. The Balaban J connectivity index is 1.55. The maximum atomic E-state index is 14.9. The zero-order valence-corrected chi connectivity index (χ0v) is 23.6. The van der Waals surface area contributed by atoms with E-state index in [1.807, 2.05) is 0 Å². The number of nitrogens with zero attached hydrogens (tertiary/aromatic N) is 3. The van der Waals surface area contributed by atoms with E-state index in [0.717, 1.165) is 18.2 Å². The summed E-state index contributed by atoms with van der Waals surface area (Å²) in [6.45, 7) is 0.257. The number of ketones is 2. The lowest BCUT2D eigenvalue weighted by Crippen LogP contribution is -2.28. The highest BCUT2D eigenvalue weighted by Gasteiger charge is 2.47. The summed E-state index contributed by atoms with van der Waals surface area (Å²) < 4.78 is 115. The second-order valence-corrected chi connectivity index (χ2v) is 10.9. The molecule has 0 saturated carbocycles. The van der Waals surface area contributed by atoms with Gasteiger partial charge in [0.2, 0.25) is 0 Å². The van der Waals surface area contributed by atoms with Crippen LogP contribution in [0.25, 0.3) is 11.1 Å². The summed E-state index contributed by atoms with van der Waals surface area (Å²) in [6, 6.07) is 9.57. The summed E-state index contributed by atoms with van der Waals surface area (Å²) in [4.78, 5) is 29.8. The van der Waals surface area contributed by atoms with E-state index in [1.54, 1.807) is 6.07 Å². The van der Waals surface area contributed by atoms with E-state index in [0.29, 0.717) is 21.9 Å². The minimum absolute atomic E-state index is 0.119. The Bertz CT molecular complexity index is 1750. The number of aromatic nitrogens is 3. The maximum Gasteiger partial charge on any atom is 0.289 e. The molecule has 13 heteroatoms. The molecule has 2 aromatic carbocycles. The second kappa shape index (κ2) is 12.5. The second-order valence-electron chi connectivity index (χ2n) is 10.9. The maximum absolute atomic E-state index is 14.9. The first-order valence-electron chi connectivity index (χ1n) is 13.9. The third kappa shape index (κ3) is 6.66. The third-order valence-electron chi connectivity index (χ3n) is 7.68. The van der Waals surface area contributed by atoms with Crippen molar-refractivity contribution in [1.29, 1.82) is 0 Å². The van der Waals surface area contributed by atoms with E-state index in [9.17, 15) is 44.7 Å². The van der Waals surface area contributed by atoms with Crippen molar-refractivity contribution in [2.45, 2.75) is 63.6 Å². The predicted molar refractivity (Wildman–Crippen MR) is 146 cm³/mol. The molecule has 5 rings (SSSR count). The van der Waals surface area contributed by atoms with Gasteiger partial charge in [-0.2, -0.15) is 13.9 Å². The highest BCUT2D eigenvalue weighted by Crippen LogP contribution is 2.48. The van der Waals surface area contributed by atoms with Crippen molar-refractivity contribution < 1.29 is 44.7 Å². The van der Waals surface area contributed by atoms with Crippen LogP contribution in [0.4, 0.5) is 35.1 Å². The molecule has 2 heterocycles. The summed E-state index contributed by atoms with van der Waals surface area (Å²) in [5, 5.41) is 3.51. The number of hydrogen-bond acceptors (Lipinski definition) is 4. The number of halogens is 8. The molecule has 0 amide bonds. The topological polar surface area (TPSA) is 64.8 Å². The first kappa shape index (κ1) is 32.0. The van der Waals surface area contributed by atoms with Crippen LogP contribution in [-0.4, -0.2) is 26.3 Å². The molecule has 236 valence electrons. The molecule has 2 aromatic heterocycles. The molecule has 0 bridgehead atoms. The predicted octanol–water partition coefficient (Wildman–Crippen LogP) is 8.38. The minimum atomic E-state index is -3.72. The molecule has 4 aromatic rings. The molecular weight excluding hydrogens is 610 g/mol. The smallest absolute Gasteiger partial charge is 0.289 e. The standard InChI is InChI=1S/C32H25F8N3O2/c1-16(44)24-13-18(4-5-25(24)35)23-3-2-8-41-28(23)19(9-17-10-20(33)14-21(34)11-17)12-22(45)15-43-30-27(29(42-43)31(37)38)26(36)6-7-32(30,39)40/h2-5,8,10-11,13-14,19,26,31H,6-7,9,12,15H2,1H3/t19-,26?/m1/s1. The van der Waals surface area contributed by atoms with Gasteiger partial charge in [0.15, 0.2) is 11.6 Å². The normalized spacial score (nSPS) is 16.4. The lowest BCUT2D eigenvalue weighted by molar-refractivity contribution is -0.120. The zero-order valence-electron chi connectivity index (χ0n) is 23.6. The Hall–Kier alpha value is -4.42. The lowest BCUT2D eigenvalue weighted by atomic mass is 9.86. The Morgan fingerprint density at radius 2 is 1.73 bits per heavy atom. The fourth-order valence-electron chi connectivity index (χ4n) is 5.77. The molecule has 1 unspecified atom stereocenters. The van der Waals surface area contributed by atoms with Gasteiger partial charge >= 0.3 is 0 Å². The van der Waals surface area contributed by atoms with Crippen molar-refractivity contribution in [2.75, 3.05) is 0 Å². The molecule has 0 aliphatic heterocycles. The molecule has 45 heavy (non-hydrogen) atoms. The Morgan fingerprint density at radius 1 is 1.02 bits per heavy atom. The number of alkyl halides is 5. The van der Waals surface area contributed by atoms with Crippen molar-refractivity contribution >= 4 is 11.6 Å². The minimum Gasteiger partial charge on any atom is -0.298 e. The van der Waals surface area contributed by atoms with E-state index in [4.69, 9.17) is 0 Å². The highest BCUT2D eigenvalue weighted by molar-refractivity contribution is 5.95. The van der Waals surface area contributed by atoms with Crippen LogP contribution in [0.3, 0.4) is 0 Å². The third-order valence-corrected chi connectivity index (χ3v) is 7.68. The van der Waals surface area contributed by atoms with Gasteiger partial charge < -0.3 is 0 Å². The van der Waals surface area contributed by atoms with Gasteiger partial charge in [-0.3, -0.25) is 19.3 Å². The Kier molecular flexibility index (Phi) is 8.90. The van der Waals surface area contributed by atoms with Crippen LogP contribution in [0.2, 0.25) is 0 Å². The highest BCUT2D eigenvalue weighted by atomic mass is 19.3. The number of pyridine rings is 1. The number of carbonyl (C=O) groups is 2. The molecule has 1 aliphatic carbocycles. The average Bonchev–Trinajstić information content (AvgIpc) is 3.36. The van der Waals surface area contributed by atoms with Gasteiger partial charge in [0.1, 0.15) is 41.6 Å². The monoisotopic (exact) mass is 635 g/mol. The number of fused-ring (bicyclic) bond motifs is 1. The molecule has 0 N–H and O–H groups in total. The van der Waals surface area contributed by atoms with Crippen LogP contribution in [0, 0.1) is 17.5 Å². The molecule has 2 atom stereocenters. The van der Waals surface area contributed by atoms with E-state index in [1.165, 1.54) is 31.3 Å². The van der Waals surface area contributed by atoms with Crippen molar-refractivity contribution in [3.63, 3.8) is 0 Å².